The second-order valence-electron chi connectivity index (χ2n) is 5.00. The molecule has 5 nitrogen and oxygen atoms in total. The van der Waals surface area contributed by atoms with Crippen molar-refractivity contribution in [3.8, 4) is 0 Å². The van der Waals surface area contributed by atoms with Crippen LogP contribution in [-0.2, 0) is 17.1 Å². The molecule has 19 heavy (non-hydrogen) atoms. The van der Waals surface area contributed by atoms with Gasteiger partial charge in [-0.2, -0.15) is 5.10 Å². The number of aromatic nitrogens is 2. The van der Waals surface area contributed by atoms with Gasteiger partial charge in [-0.25, -0.2) is 13.1 Å². The van der Waals surface area contributed by atoms with Gasteiger partial charge in [0.2, 0.25) is 0 Å². The van der Waals surface area contributed by atoms with Crippen LogP contribution in [0.25, 0.3) is 0 Å². The number of halogens is 2. The van der Waals surface area contributed by atoms with E-state index in [1.807, 2.05) is 0 Å². The molecule has 0 spiro atoms. The zero-order chi connectivity index (χ0) is 14.1. The lowest BCUT2D eigenvalue weighted by atomic mass is 9.84. The van der Waals surface area contributed by atoms with Gasteiger partial charge in [-0.05, 0) is 12.8 Å². The van der Waals surface area contributed by atoms with Crippen LogP contribution in [0, 0.1) is 0 Å². The van der Waals surface area contributed by atoms with E-state index in [4.69, 9.17) is 11.6 Å². The van der Waals surface area contributed by atoms with Crippen molar-refractivity contribution in [1.29, 1.82) is 0 Å². The lowest BCUT2D eigenvalue weighted by Crippen LogP contribution is -2.51. The number of sulfonamides is 1. The summed E-state index contributed by atoms with van der Waals surface area (Å²) in [7, 11) is -2.09. The van der Waals surface area contributed by atoms with Gasteiger partial charge in [0.1, 0.15) is 0 Å². The molecular formula is C11H17BrClN3O2S. The molecule has 1 saturated carbocycles. The van der Waals surface area contributed by atoms with Crippen LogP contribution < -0.4 is 4.72 Å². The third-order valence-electron chi connectivity index (χ3n) is 3.51. The maximum Gasteiger partial charge on any atom is 0.259 e. The molecule has 108 valence electrons. The Morgan fingerprint density at radius 2 is 2.11 bits per heavy atom. The molecule has 0 aromatic carbocycles. The van der Waals surface area contributed by atoms with Gasteiger partial charge >= 0.3 is 0 Å². The van der Waals surface area contributed by atoms with Crippen LogP contribution in [-0.4, -0.2) is 29.1 Å². The third-order valence-corrected chi connectivity index (χ3v) is 6.67. The normalized spacial score (nSPS) is 19.5. The molecule has 0 bridgehead atoms. The number of aryl methyl sites for hydroxylation is 1. The van der Waals surface area contributed by atoms with Crippen LogP contribution in [0.1, 0.15) is 32.1 Å². The lowest BCUT2D eigenvalue weighted by Gasteiger charge is -2.36. The minimum absolute atomic E-state index is 0.0278. The van der Waals surface area contributed by atoms with Gasteiger partial charge in [0.25, 0.3) is 10.0 Å². The number of nitrogens with zero attached hydrogens (tertiary/aromatic N) is 2. The van der Waals surface area contributed by atoms with E-state index in [9.17, 15) is 8.42 Å². The second kappa shape index (κ2) is 5.71. The Balaban J connectivity index is 2.30. The van der Waals surface area contributed by atoms with E-state index in [0.717, 1.165) is 32.1 Å². The van der Waals surface area contributed by atoms with Crippen molar-refractivity contribution in [2.24, 2.45) is 7.05 Å². The molecule has 1 aromatic heterocycles. The van der Waals surface area contributed by atoms with Gasteiger partial charge in [-0.1, -0.05) is 46.8 Å². The molecule has 1 heterocycles. The first-order chi connectivity index (χ1) is 8.90. The van der Waals surface area contributed by atoms with E-state index in [2.05, 4.69) is 25.8 Å². The summed E-state index contributed by atoms with van der Waals surface area (Å²) < 4.78 is 29.1. The lowest BCUT2D eigenvalue weighted by molar-refractivity contribution is 0.301. The summed E-state index contributed by atoms with van der Waals surface area (Å²) >= 11 is 9.36. The smallest absolute Gasteiger partial charge is 0.255 e. The highest BCUT2D eigenvalue weighted by Crippen LogP contribution is 2.32. The first-order valence-electron chi connectivity index (χ1n) is 6.18. The Morgan fingerprint density at radius 1 is 1.47 bits per heavy atom. The minimum Gasteiger partial charge on any atom is -0.255 e. The molecule has 0 amide bonds. The summed E-state index contributed by atoms with van der Waals surface area (Å²) in [6, 6.07) is 0. The van der Waals surface area contributed by atoms with Gasteiger partial charge in [0, 0.05) is 17.9 Å². The van der Waals surface area contributed by atoms with Gasteiger partial charge in [-0.15, -0.1) is 0 Å². The fourth-order valence-corrected chi connectivity index (χ4v) is 5.53. The van der Waals surface area contributed by atoms with Crippen LogP contribution >= 0.6 is 27.5 Å². The average Bonchev–Trinajstić information content (AvgIpc) is 2.70. The molecule has 0 radical (unpaired) electrons. The summed E-state index contributed by atoms with van der Waals surface area (Å²) in [5, 5.41) is 4.66. The quantitative estimate of drug-likeness (QED) is 0.828. The van der Waals surface area contributed by atoms with Gasteiger partial charge in [0.05, 0.1) is 11.2 Å². The Hall–Kier alpha value is -0.110. The van der Waals surface area contributed by atoms with E-state index in [-0.39, 0.29) is 10.0 Å². The number of hydrogen-bond acceptors (Lipinski definition) is 3. The zero-order valence-corrected chi connectivity index (χ0v) is 13.9. The molecule has 2 rings (SSSR count). The Kier molecular flexibility index (Phi) is 4.59. The van der Waals surface area contributed by atoms with E-state index >= 15 is 0 Å². The first kappa shape index (κ1) is 15.3. The van der Waals surface area contributed by atoms with Gasteiger partial charge < -0.3 is 0 Å². The van der Waals surface area contributed by atoms with E-state index in [0.29, 0.717) is 5.33 Å². The largest absolute Gasteiger partial charge is 0.259 e. The van der Waals surface area contributed by atoms with Crippen molar-refractivity contribution in [2.45, 2.75) is 42.7 Å². The van der Waals surface area contributed by atoms with E-state index in [1.165, 1.54) is 10.9 Å². The number of alkyl halides is 1. The monoisotopic (exact) mass is 369 g/mol. The highest BCUT2D eigenvalue weighted by Gasteiger charge is 2.37. The van der Waals surface area contributed by atoms with Crippen molar-refractivity contribution in [3.63, 3.8) is 0 Å². The molecule has 0 aliphatic heterocycles. The predicted octanol–water partition coefficient (Wildman–Crippen LogP) is 2.45. The number of rotatable bonds is 4. The van der Waals surface area contributed by atoms with Crippen molar-refractivity contribution < 1.29 is 8.42 Å². The Labute approximate surface area is 126 Å². The Morgan fingerprint density at radius 3 is 2.58 bits per heavy atom. The molecule has 1 aliphatic rings. The van der Waals surface area contributed by atoms with Crippen LogP contribution in [0.3, 0.4) is 0 Å². The minimum atomic E-state index is -3.66. The van der Waals surface area contributed by atoms with E-state index < -0.39 is 15.6 Å². The highest BCUT2D eigenvalue weighted by atomic mass is 79.9. The summed E-state index contributed by atoms with van der Waals surface area (Å²) in [4.78, 5) is 0. The SMILES string of the molecule is Cn1ncc(Cl)c1S(=O)(=O)NC1(CBr)CCCCC1. The molecule has 1 N–H and O–H groups in total. The van der Waals surface area contributed by atoms with Crippen LogP contribution in [0.15, 0.2) is 11.2 Å². The van der Waals surface area contributed by atoms with Crippen LogP contribution in [0.2, 0.25) is 5.02 Å². The van der Waals surface area contributed by atoms with E-state index in [1.54, 1.807) is 7.05 Å². The Bertz CT molecular complexity index is 533. The highest BCUT2D eigenvalue weighted by molar-refractivity contribution is 9.09. The molecular weight excluding hydrogens is 354 g/mol. The summed E-state index contributed by atoms with van der Waals surface area (Å²) in [5.74, 6) is 0. The average molecular weight is 371 g/mol. The maximum atomic E-state index is 12.5. The molecule has 0 unspecified atom stereocenters. The standard InChI is InChI=1S/C11H17BrClN3O2S/c1-16-10(9(13)7-14-16)19(17,18)15-11(8-12)5-3-2-4-6-11/h7,15H,2-6,8H2,1H3. The fourth-order valence-electron chi connectivity index (χ4n) is 2.53. The predicted molar refractivity (Wildman–Crippen MR) is 78.1 cm³/mol. The molecule has 1 aromatic rings. The third kappa shape index (κ3) is 3.15. The summed E-state index contributed by atoms with van der Waals surface area (Å²) in [6.07, 6.45) is 6.25. The summed E-state index contributed by atoms with van der Waals surface area (Å²) in [6.45, 7) is 0. The number of nitrogens with one attached hydrogen (secondary N) is 1. The van der Waals surface area contributed by atoms with Crippen molar-refractivity contribution in [1.82, 2.24) is 14.5 Å². The first-order valence-corrected chi connectivity index (χ1v) is 9.16. The van der Waals surface area contributed by atoms with Crippen molar-refractivity contribution in [2.75, 3.05) is 5.33 Å². The van der Waals surface area contributed by atoms with Crippen LogP contribution in [0.4, 0.5) is 0 Å². The molecule has 0 saturated heterocycles. The zero-order valence-electron chi connectivity index (χ0n) is 10.7. The second-order valence-corrected chi connectivity index (χ2v) is 7.57. The van der Waals surface area contributed by atoms with Crippen LogP contribution in [0.5, 0.6) is 0 Å². The van der Waals surface area contributed by atoms with Gasteiger partial charge in [0.15, 0.2) is 5.03 Å². The molecule has 0 atom stereocenters. The van der Waals surface area contributed by atoms with Crippen molar-refractivity contribution in [3.05, 3.63) is 11.2 Å². The molecule has 1 aliphatic carbocycles. The molecule has 8 heteroatoms. The fraction of sp³-hybridized carbons (Fsp3) is 0.727. The van der Waals surface area contributed by atoms with Gasteiger partial charge in [-0.3, -0.25) is 4.68 Å². The summed E-state index contributed by atoms with van der Waals surface area (Å²) in [5.41, 5.74) is -0.412. The molecule has 1 fully saturated rings. The van der Waals surface area contributed by atoms with Crippen molar-refractivity contribution >= 4 is 37.6 Å². The maximum absolute atomic E-state index is 12.5. The number of hydrogen-bond donors (Lipinski definition) is 1. The topological polar surface area (TPSA) is 64.0 Å².